The second-order valence-electron chi connectivity index (χ2n) is 4.00. The van der Waals surface area contributed by atoms with Crippen LogP contribution in [0.3, 0.4) is 0 Å². The van der Waals surface area contributed by atoms with Gasteiger partial charge >= 0.3 is 0 Å². The Kier molecular flexibility index (Phi) is 5.08. The second kappa shape index (κ2) is 6.81. The van der Waals surface area contributed by atoms with Gasteiger partial charge in [0, 0.05) is 8.59 Å². The van der Waals surface area contributed by atoms with E-state index < -0.39 is 0 Å². The molecule has 0 aliphatic rings. The number of ether oxygens (including phenoxy) is 1. The summed E-state index contributed by atoms with van der Waals surface area (Å²) in [4.78, 5) is 11.8. The van der Waals surface area contributed by atoms with Gasteiger partial charge in [-0.15, -0.1) is 0 Å². The Morgan fingerprint density at radius 2 is 2.05 bits per heavy atom. The monoisotopic (exact) mass is 402 g/mol. The number of hydrogen-bond donors (Lipinski definition) is 2. The van der Waals surface area contributed by atoms with E-state index in [1.165, 1.54) is 0 Å². The summed E-state index contributed by atoms with van der Waals surface area (Å²) in [7, 11) is 0. The third-order valence-corrected chi connectivity index (χ3v) is 3.61. The van der Waals surface area contributed by atoms with Gasteiger partial charge in [-0.3, -0.25) is 4.79 Å². The first kappa shape index (κ1) is 14.9. The van der Waals surface area contributed by atoms with Crippen molar-refractivity contribution in [2.24, 2.45) is 0 Å². The van der Waals surface area contributed by atoms with Crippen molar-refractivity contribution < 1.29 is 9.53 Å². The highest BCUT2D eigenvalue weighted by Gasteiger charge is 2.08. The molecule has 0 aromatic heterocycles. The van der Waals surface area contributed by atoms with Gasteiger partial charge in [0.15, 0.2) is 6.61 Å². The van der Waals surface area contributed by atoms with Gasteiger partial charge in [-0.25, -0.2) is 0 Å². The van der Waals surface area contributed by atoms with Crippen molar-refractivity contribution >= 4 is 51.5 Å². The molecule has 0 unspecified atom stereocenters. The summed E-state index contributed by atoms with van der Waals surface area (Å²) in [6.45, 7) is -0.104. The minimum absolute atomic E-state index is 0.104. The predicted molar refractivity (Wildman–Crippen MR) is 89.1 cm³/mol. The second-order valence-corrected chi connectivity index (χ2v) is 5.60. The molecule has 0 aliphatic carbocycles. The molecule has 2 rings (SSSR count). The minimum Gasteiger partial charge on any atom is -0.482 e. The van der Waals surface area contributed by atoms with E-state index >= 15 is 0 Å². The fourth-order valence-electron chi connectivity index (χ4n) is 1.53. The van der Waals surface area contributed by atoms with Gasteiger partial charge in [0.1, 0.15) is 5.75 Å². The van der Waals surface area contributed by atoms with Crippen LogP contribution >= 0.6 is 34.2 Å². The topological polar surface area (TPSA) is 64.3 Å². The van der Waals surface area contributed by atoms with Crippen molar-refractivity contribution in [3.8, 4) is 5.75 Å². The highest BCUT2D eigenvalue weighted by molar-refractivity contribution is 14.1. The SMILES string of the molecule is Nc1ccccc1OCC(=O)Nc1ccc(Cl)cc1I. The molecule has 0 fully saturated rings. The minimum atomic E-state index is -0.256. The number of halogens is 2. The molecule has 20 heavy (non-hydrogen) atoms. The fraction of sp³-hybridized carbons (Fsp3) is 0.0714. The van der Waals surface area contributed by atoms with Crippen LogP contribution < -0.4 is 15.8 Å². The summed E-state index contributed by atoms with van der Waals surface area (Å²) in [5.41, 5.74) is 6.93. The van der Waals surface area contributed by atoms with Gasteiger partial charge in [0.25, 0.3) is 5.91 Å². The molecular weight excluding hydrogens is 391 g/mol. The van der Waals surface area contributed by atoms with Gasteiger partial charge in [0.05, 0.1) is 11.4 Å². The molecule has 0 saturated carbocycles. The summed E-state index contributed by atoms with van der Waals surface area (Å²) < 4.78 is 6.23. The van der Waals surface area contributed by atoms with E-state index in [4.69, 9.17) is 22.1 Å². The molecule has 0 saturated heterocycles. The maximum absolute atomic E-state index is 11.8. The number of para-hydroxylation sites is 2. The van der Waals surface area contributed by atoms with Crippen LogP contribution in [0.1, 0.15) is 0 Å². The van der Waals surface area contributed by atoms with Crippen LogP contribution in [0.4, 0.5) is 11.4 Å². The predicted octanol–water partition coefficient (Wildman–Crippen LogP) is 3.54. The van der Waals surface area contributed by atoms with Crippen LogP contribution in [0.2, 0.25) is 5.02 Å². The average molecular weight is 403 g/mol. The van der Waals surface area contributed by atoms with E-state index in [0.29, 0.717) is 22.1 Å². The summed E-state index contributed by atoms with van der Waals surface area (Å²) in [6, 6.07) is 12.3. The largest absolute Gasteiger partial charge is 0.482 e. The summed E-state index contributed by atoms with van der Waals surface area (Å²) in [5, 5.41) is 3.38. The number of nitrogens with two attached hydrogens (primary N) is 1. The molecule has 0 radical (unpaired) electrons. The van der Waals surface area contributed by atoms with E-state index in [-0.39, 0.29) is 12.5 Å². The van der Waals surface area contributed by atoms with Crippen molar-refractivity contribution in [3.05, 3.63) is 51.1 Å². The van der Waals surface area contributed by atoms with E-state index in [1.807, 2.05) is 0 Å². The lowest BCUT2D eigenvalue weighted by Gasteiger charge is -2.10. The van der Waals surface area contributed by atoms with Crippen LogP contribution in [0.25, 0.3) is 0 Å². The quantitative estimate of drug-likeness (QED) is 0.607. The smallest absolute Gasteiger partial charge is 0.262 e. The van der Waals surface area contributed by atoms with Gasteiger partial charge in [-0.05, 0) is 52.9 Å². The summed E-state index contributed by atoms with van der Waals surface area (Å²) in [5.74, 6) is 0.238. The average Bonchev–Trinajstić information content (AvgIpc) is 2.41. The molecule has 0 aliphatic heterocycles. The van der Waals surface area contributed by atoms with Crippen LogP contribution in [0.5, 0.6) is 5.75 Å². The van der Waals surface area contributed by atoms with Gasteiger partial charge in [-0.2, -0.15) is 0 Å². The Hall–Kier alpha value is -1.47. The first-order valence-electron chi connectivity index (χ1n) is 5.78. The number of amides is 1. The first-order valence-corrected chi connectivity index (χ1v) is 7.24. The van der Waals surface area contributed by atoms with E-state index in [2.05, 4.69) is 27.9 Å². The molecule has 4 nitrogen and oxygen atoms in total. The summed E-state index contributed by atoms with van der Waals surface area (Å²) >= 11 is 7.96. The van der Waals surface area contributed by atoms with Crippen LogP contribution in [0, 0.1) is 3.57 Å². The molecule has 0 heterocycles. The molecule has 0 bridgehead atoms. The summed E-state index contributed by atoms with van der Waals surface area (Å²) in [6.07, 6.45) is 0. The Morgan fingerprint density at radius 3 is 2.75 bits per heavy atom. The molecule has 6 heteroatoms. The van der Waals surface area contributed by atoms with Crippen molar-refractivity contribution in [2.45, 2.75) is 0 Å². The van der Waals surface area contributed by atoms with Crippen molar-refractivity contribution in [1.29, 1.82) is 0 Å². The van der Waals surface area contributed by atoms with Gasteiger partial charge in [0.2, 0.25) is 0 Å². The van der Waals surface area contributed by atoms with Crippen molar-refractivity contribution in [1.82, 2.24) is 0 Å². The van der Waals surface area contributed by atoms with Crippen LogP contribution in [-0.2, 0) is 4.79 Å². The maximum atomic E-state index is 11.8. The highest BCUT2D eigenvalue weighted by atomic mass is 127. The zero-order valence-corrected chi connectivity index (χ0v) is 13.3. The Balaban J connectivity index is 1.94. The van der Waals surface area contributed by atoms with Crippen molar-refractivity contribution in [2.75, 3.05) is 17.7 Å². The zero-order valence-electron chi connectivity index (χ0n) is 10.4. The molecule has 3 N–H and O–H groups in total. The standard InChI is InChI=1S/C14H12ClIN2O2/c15-9-5-6-12(10(16)7-9)18-14(19)8-20-13-4-2-1-3-11(13)17/h1-7H,8,17H2,(H,18,19). The Morgan fingerprint density at radius 1 is 1.30 bits per heavy atom. The van der Waals surface area contributed by atoms with Crippen LogP contribution in [0.15, 0.2) is 42.5 Å². The number of nitrogens with one attached hydrogen (secondary N) is 1. The van der Waals surface area contributed by atoms with Gasteiger partial charge < -0.3 is 15.8 Å². The molecule has 2 aromatic carbocycles. The third-order valence-electron chi connectivity index (χ3n) is 2.48. The Labute approximate surface area is 135 Å². The molecule has 0 spiro atoms. The lowest BCUT2D eigenvalue weighted by atomic mass is 10.3. The van der Waals surface area contributed by atoms with Crippen molar-refractivity contribution in [3.63, 3.8) is 0 Å². The van der Waals surface area contributed by atoms with Crippen LogP contribution in [-0.4, -0.2) is 12.5 Å². The van der Waals surface area contributed by atoms with E-state index in [9.17, 15) is 4.79 Å². The Bertz CT molecular complexity index is 634. The van der Waals surface area contributed by atoms with E-state index in [1.54, 1.807) is 42.5 Å². The number of rotatable bonds is 4. The number of carbonyl (C=O) groups excluding carboxylic acids is 1. The lowest BCUT2D eigenvalue weighted by molar-refractivity contribution is -0.118. The normalized spacial score (nSPS) is 10.1. The number of carbonyl (C=O) groups is 1. The van der Waals surface area contributed by atoms with Gasteiger partial charge in [-0.1, -0.05) is 23.7 Å². The number of anilines is 2. The van der Waals surface area contributed by atoms with E-state index in [0.717, 1.165) is 3.57 Å². The molecule has 104 valence electrons. The fourth-order valence-corrected chi connectivity index (χ4v) is 2.54. The number of hydrogen-bond acceptors (Lipinski definition) is 3. The number of nitrogen functional groups attached to an aromatic ring is 1. The molecular formula is C14H12ClIN2O2. The number of benzene rings is 2. The maximum Gasteiger partial charge on any atom is 0.262 e. The molecule has 1 amide bonds. The highest BCUT2D eigenvalue weighted by Crippen LogP contribution is 2.23. The molecule has 2 aromatic rings. The zero-order chi connectivity index (χ0) is 14.5. The molecule has 0 atom stereocenters. The first-order chi connectivity index (χ1) is 9.56. The lowest BCUT2D eigenvalue weighted by Crippen LogP contribution is -2.21. The third kappa shape index (κ3) is 4.01.